The maximum Gasteiger partial charge on any atom is 0.255 e. The van der Waals surface area contributed by atoms with E-state index in [4.69, 9.17) is 0 Å². The molecule has 1 aromatic heterocycles. The number of anilines is 1. The Morgan fingerprint density at radius 1 is 1.44 bits per heavy atom. The summed E-state index contributed by atoms with van der Waals surface area (Å²) in [6.45, 7) is 9.28. The summed E-state index contributed by atoms with van der Waals surface area (Å²) in [6.07, 6.45) is 1.67. The van der Waals surface area contributed by atoms with Crippen molar-refractivity contribution in [1.82, 2.24) is 10.3 Å². The van der Waals surface area contributed by atoms with Gasteiger partial charge in [0.25, 0.3) is 5.91 Å². The molecule has 4 heteroatoms. The third-order valence-corrected chi connectivity index (χ3v) is 3.56. The van der Waals surface area contributed by atoms with E-state index in [1.165, 1.54) is 0 Å². The molecular formula is C14H23N3O. The van der Waals surface area contributed by atoms with Gasteiger partial charge in [-0.15, -0.1) is 0 Å². The second-order valence-corrected chi connectivity index (χ2v) is 5.48. The molecule has 2 N–H and O–H groups in total. The Hall–Kier alpha value is -1.58. The first kappa shape index (κ1) is 14.5. The number of hydrogen-bond donors (Lipinski definition) is 2. The minimum Gasteiger partial charge on any atom is -0.372 e. The van der Waals surface area contributed by atoms with Crippen LogP contribution in [-0.4, -0.2) is 24.5 Å². The van der Waals surface area contributed by atoms with Crippen LogP contribution in [0.1, 0.15) is 38.1 Å². The van der Waals surface area contributed by atoms with Crippen LogP contribution >= 0.6 is 0 Å². The number of aromatic nitrogens is 1. The summed E-state index contributed by atoms with van der Waals surface area (Å²) in [5.41, 5.74) is 0.664. The van der Waals surface area contributed by atoms with Crippen molar-refractivity contribution >= 4 is 11.7 Å². The zero-order chi connectivity index (χ0) is 13.8. The van der Waals surface area contributed by atoms with Crippen LogP contribution in [-0.2, 0) is 0 Å². The molecule has 0 saturated carbocycles. The normalized spacial score (nSPS) is 11.4. The summed E-state index contributed by atoms with van der Waals surface area (Å²) in [4.78, 5) is 16.2. The molecule has 0 fully saturated rings. The van der Waals surface area contributed by atoms with E-state index >= 15 is 0 Å². The first-order chi connectivity index (χ1) is 8.38. The molecule has 0 aliphatic carbocycles. The van der Waals surface area contributed by atoms with Gasteiger partial charge in [-0.05, 0) is 23.5 Å². The van der Waals surface area contributed by atoms with Crippen molar-refractivity contribution in [3.05, 3.63) is 23.9 Å². The minimum atomic E-state index is -0.0822. The summed E-state index contributed by atoms with van der Waals surface area (Å²) in [6, 6.07) is 3.54. The van der Waals surface area contributed by atoms with E-state index in [2.05, 4.69) is 43.3 Å². The van der Waals surface area contributed by atoms with Crippen molar-refractivity contribution < 1.29 is 4.79 Å². The molecule has 0 aliphatic rings. The molecule has 0 atom stereocenters. The standard InChI is InChI=1S/C14H23N3O/c1-10(2)14(3,4)9-17-13(18)11-7-6-8-16-12(11)15-5/h6-8,10H,9H2,1-5H3,(H,15,16)(H,17,18). The van der Waals surface area contributed by atoms with E-state index in [0.717, 1.165) is 0 Å². The Morgan fingerprint density at radius 3 is 2.67 bits per heavy atom. The molecule has 18 heavy (non-hydrogen) atoms. The Morgan fingerprint density at radius 2 is 2.11 bits per heavy atom. The molecule has 0 saturated heterocycles. The predicted molar refractivity (Wildman–Crippen MR) is 74.7 cm³/mol. The fourth-order valence-corrected chi connectivity index (χ4v) is 1.40. The first-order valence-electron chi connectivity index (χ1n) is 6.29. The lowest BCUT2D eigenvalue weighted by Gasteiger charge is -2.29. The fourth-order valence-electron chi connectivity index (χ4n) is 1.40. The van der Waals surface area contributed by atoms with E-state index in [-0.39, 0.29) is 11.3 Å². The Labute approximate surface area is 109 Å². The van der Waals surface area contributed by atoms with Gasteiger partial charge in [0.05, 0.1) is 5.56 Å². The first-order valence-corrected chi connectivity index (χ1v) is 6.29. The van der Waals surface area contributed by atoms with Gasteiger partial charge in [-0.3, -0.25) is 4.79 Å². The van der Waals surface area contributed by atoms with Gasteiger partial charge in [0.15, 0.2) is 0 Å². The van der Waals surface area contributed by atoms with Gasteiger partial charge < -0.3 is 10.6 Å². The van der Waals surface area contributed by atoms with Gasteiger partial charge in [0, 0.05) is 19.8 Å². The van der Waals surface area contributed by atoms with Gasteiger partial charge in [0.1, 0.15) is 5.82 Å². The highest BCUT2D eigenvalue weighted by atomic mass is 16.1. The summed E-state index contributed by atoms with van der Waals surface area (Å²) < 4.78 is 0. The summed E-state index contributed by atoms with van der Waals surface area (Å²) in [5, 5.41) is 5.90. The van der Waals surface area contributed by atoms with Gasteiger partial charge in [-0.1, -0.05) is 27.7 Å². The molecule has 4 nitrogen and oxygen atoms in total. The summed E-state index contributed by atoms with van der Waals surface area (Å²) >= 11 is 0. The lowest BCUT2D eigenvalue weighted by atomic mass is 9.81. The van der Waals surface area contributed by atoms with Crippen LogP contribution < -0.4 is 10.6 Å². The number of carbonyl (C=O) groups is 1. The SMILES string of the molecule is CNc1ncccc1C(=O)NCC(C)(C)C(C)C. The van der Waals surface area contributed by atoms with Gasteiger partial charge >= 0.3 is 0 Å². The number of hydrogen-bond acceptors (Lipinski definition) is 3. The number of nitrogens with zero attached hydrogens (tertiary/aromatic N) is 1. The Balaban J connectivity index is 2.72. The second-order valence-electron chi connectivity index (χ2n) is 5.48. The van der Waals surface area contributed by atoms with Crippen LogP contribution in [0.2, 0.25) is 0 Å². The highest BCUT2D eigenvalue weighted by molar-refractivity contribution is 5.98. The highest BCUT2D eigenvalue weighted by Gasteiger charge is 2.23. The van der Waals surface area contributed by atoms with Gasteiger partial charge in [0.2, 0.25) is 0 Å². The third-order valence-electron chi connectivity index (χ3n) is 3.56. The van der Waals surface area contributed by atoms with Gasteiger partial charge in [-0.25, -0.2) is 4.98 Å². The molecule has 0 aromatic carbocycles. The van der Waals surface area contributed by atoms with Crippen LogP contribution in [0, 0.1) is 11.3 Å². The number of nitrogens with one attached hydrogen (secondary N) is 2. The molecule has 0 radical (unpaired) electrons. The molecular weight excluding hydrogens is 226 g/mol. The van der Waals surface area contributed by atoms with Crippen LogP contribution in [0.3, 0.4) is 0 Å². The predicted octanol–water partition coefficient (Wildman–Crippen LogP) is 2.54. The number of pyridine rings is 1. The van der Waals surface area contributed by atoms with E-state index < -0.39 is 0 Å². The average Bonchev–Trinajstić information content (AvgIpc) is 2.35. The molecule has 0 unspecified atom stereocenters. The number of rotatable bonds is 5. The number of amides is 1. The van der Waals surface area contributed by atoms with Crippen molar-refractivity contribution in [1.29, 1.82) is 0 Å². The van der Waals surface area contributed by atoms with Crippen LogP contribution in [0.4, 0.5) is 5.82 Å². The largest absolute Gasteiger partial charge is 0.372 e. The van der Waals surface area contributed by atoms with Crippen molar-refractivity contribution in [2.75, 3.05) is 18.9 Å². The maximum absolute atomic E-state index is 12.1. The average molecular weight is 249 g/mol. The molecule has 0 aliphatic heterocycles. The number of carbonyl (C=O) groups excluding carboxylic acids is 1. The van der Waals surface area contributed by atoms with Crippen LogP contribution in [0.15, 0.2) is 18.3 Å². The zero-order valence-electron chi connectivity index (χ0n) is 11.9. The maximum atomic E-state index is 12.1. The molecule has 1 amide bonds. The second kappa shape index (κ2) is 5.85. The molecule has 0 bridgehead atoms. The third kappa shape index (κ3) is 3.45. The fraction of sp³-hybridized carbons (Fsp3) is 0.571. The summed E-state index contributed by atoms with van der Waals surface area (Å²) in [5.74, 6) is 1.04. The van der Waals surface area contributed by atoms with Crippen molar-refractivity contribution in [3.8, 4) is 0 Å². The van der Waals surface area contributed by atoms with E-state index in [0.29, 0.717) is 23.8 Å². The molecule has 100 valence electrons. The smallest absolute Gasteiger partial charge is 0.255 e. The van der Waals surface area contributed by atoms with E-state index in [9.17, 15) is 4.79 Å². The van der Waals surface area contributed by atoms with Crippen LogP contribution in [0.5, 0.6) is 0 Å². The molecule has 1 heterocycles. The molecule has 1 aromatic rings. The lowest BCUT2D eigenvalue weighted by molar-refractivity contribution is 0.0925. The lowest BCUT2D eigenvalue weighted by Crippen LogP contribution is -2.37. The highest BCUT2D eigenvalue weighted by Crippen LogP contribution is 2.24. The topological polar surface area (TPSA) is 54.0 Å². The minimum absolute atomic E-state index is 0.0810. The van der Waals surface area contributed by atoms with Crippen LogP contribution in [0.25, 0.3) is 0 Å². The van der Waals surface area contributed by atoms with E-state index in [1.54, 1.807) is 25.4 Å². The quantitative estimate of drug-likeness (QED) is 0.843. The van der Waals surface area contributed by atoms with Gasteiger partial charge in [-0.2, -0.15) is 0 Å². The zero-order valence-corrected chi connectivity index (χ0v) is 11.9. The molecule has 1 rings (SSSR count). The molecule has 0 spiro atoms. The Kier molecular flexibility index (Phi) is 4.70. The van der Waals surface area contributed by atoms with Crippen molar-refractivity contribution in [2.24, 2.45) is 11.3 Å². The van der Waals surface area contributed by atoms with Crippen molar-refractivity contribution in [3.63, 3.8) is 0 Å². The van der Waals surface area contributed by atoms with Crippen molar-refractivity contribution in [2.45, 2.75) is 27.7 Å². The Bertz CT molecular complexity index is 413. The van der Waals surface area contributed by atoms with E-state index in [1.807, 2.05) is 0 Å². The summed E-state index contributed by atoms with van der Waals surface area (Å²) in [7, 11) is 1.76. The monoisotopic (exact) mass is 249 g/mol.